The van der Waals surface area contributed by atoms with E-state index in [-0.39, 0.29) is 5.56 Å². The number of aryl methyl sites for hydroxylation is 1. The van der Waals surface area contributed by atoms with E-state index < -0.39 is 5.97 Å². The first-order valence-electron chi connectivity index (χ1n) is 9.55. The molecule has 0 saturated heterocycles. The molecule has 0 unspecified atom stereocenters. The summed E-state index contributed by atoms with van der Waals surface area (Å²) in [6, 6.07) is 19.6. The van der Waals surface area contributed by atoms with Gasteiger partial charge in [0.2, 0.25) is 0 Å². The minimum atomic E-state index is -0.987. The molecule has 1 aromatic heterocycles. The topological polar surface area (TPSA) is 110 Å². The molecule has 4 aromatic rings. The lowest BCUT2D eigenvalue weighted by molar-refractivity contribution is 0.0699. The number of carboxylic acids is 1. The van der Waals surface area contributed by atoms with Crippen molar-refractivity contribution < 1.29 is 14.6 Å². The number of aromatic carboxylic acids is 1. The number of benzene rings is 3. The lowest BCUT2D eigenvalue weighted by Gasteiger charge is -2.08. The van der Waals surface area contributed by atoms with Crippen molar-refractivity contribution in [2.75, 3.05) is 12.8 Å². The summed E-state index contributed by atoms with van der Waals surface area (Å²) in [5, 5.41) is 18.8. The van der Waals surface area contributed by atoms with E-state index in [1.807, 2.05) is 25.1 Å². The maximum Gasteiger partial charge on any atom is 0.336 e. The number of nitrogen functional groups attached to an aromatic ring is 1. The predicted octanol–water partition coefficient (Wildman–Crippen LogP) is 5.91. The normalized spacial score (nSPS) is 11.2. The van der Waals surface area contributed by atoms with E-state index in [0.717, 1.165) is 11.1 Å². The van der Waals surface area contributed by atoms with Crippen LogP contribution in [0.3, 0.4) is 0 Å². The fraction of sp³-hybridized carbons (Fsp3) is 0.0833. The van der Waals surface area contributed by atoms with Gasteiger partial charge in [0.15, 0.2) is 0 Å². The number of fused-ring (bicyclic) bond motifs is 1. The van der Waals surface area contributed by atoms with Gasteiger partial charge in [-0.2, -0.15) is 10.2 Å². The Kier molecular flexibility index (Phi) is 5.32. The number of carbonyl (C=O) groups is 1. The van der Waals surface area contributed by atoms with E-state index in [1.54, 1.807) is 55.6 Å². The summed E-state index contributed by atoms with van der Waals surface area (Å²) < 4.78 is 5.24. The second-order valence-corrected chi connectivity index (χ2v) is 7.00. The second-order valence-electron chi connectivity index (χ2n) is 7.00. The molecule has 0 radical (unpaired) electrons. The van der Waals surface area contributed by atoms with Gasteiger partial charge in [0, 0.05) is 17.0 Å². The van der Waals surface area contributed by atoms with E-state index in [2.05, 4.69) is 15.2 Å². The van der Waals surface area contributed by atoms with Crippen molar-refractivity contribution in [3.05, 3.63) is 77.9 Å². The summed E-state index contributed by atoms with van der Waals surface area (Å²) in [7, 11) is 1.55. The van der Waals surface area contributed by atoms with E-state index >= 15 is 0 Å². The average molecular weight is 412 g/mol. The molecule has 3 aromatic carbocycles. The first kappa shape index (κ1) is 20.0. The number of ether oxygens (including phenoxy) is 1. The third-order valence-corrected chi connectivity index (χ3v) is 4.93. The maximum atomic E-state index is 11.7. The molecule has 0 atom stereocenters. The maximum absolute atomic E-state index is 11.7. The highest BCUT2D eigenvalue weighted by atomic mass is 16.5. The number of rotatable bonds is 5. The fourth-order valence-electron chi connectivity index (χ4n) is 3.29. The van der Waals surface area contributed by atoms with Crippen LogP contribution in [0.2, 0.25) is 0 Å². The van der Waals surface area contributed by atoms with Gasteiger partial charge in [0.05, 0.1) is 40.9 Å². The molecule has 154 valence electrons. The molecule has 0 amide bonds. The minimum absolute atomic E-state index is 0.220. The SMILES string of the molecule is COc1cc(N=Nc2ccc(-c3cc(C(=O)O)c4ccccc4n3)cc2)c(C)cc1N. The van der Waals surface area contributed by atoms with Crippen LogP contribution in [0.5, 0.6) is 5.75 Å². The standard InChI is InChI=1S/C24H20N4O3/c1-14-11-19(25)23(31-2)13-21(14)28-27-16-9-7-15(8-10-16)22-12-18(24(29)30)17-5-3-4-6-20(17)26-22/h3-13H,25H2,1-2H3,(H,29,30). The van der Waals surface area contributed by atoms with Crippen LogP contribution in [0.15, 0.2) is 77.0 Å². The van der Waals surface area contributed by atoms with E-state index in [9.17, 15) is 9.90 Å². The largest absolute Gasteiger partial charge is 0.495 e. The fourth-order valence-corrected chi connectivity index (χ4v) is 3.29. The van der Waals surface area contributed by atoms with Gasteiger partial charge in [0.1, 0.15) is 5.75 Å². The number of pyridine rings is 1. The number of aromatic nitrogens is 1. The predicted molar refractivity (Wildman–Crippen MR) is 120 cm³/mol. The number of methoxy groups -OCH3 is 1. The van der Waals surface area contributed by atoms with Gasteiger partial charge in [-0.15, -0.1) is 0 Å². The lowest BCUT2D eigenvalue weighted by atomic mass is 10.0. The van der Waals surface area contributed by atoms with Crippen LogP contribution in [-0.4, -0.2) is 23.2 Å². The van der Waals surface area contributed by atoms with Gasteiger partial charge in [0.25, 0.3) is 0 Å². The Morgan fingerprint density at radius 2 is 1.77 bits per heavy atom. The van der Waals surface area contributed by atoms with Crippen molar-refractivity contribution >= 4 is 33.9 Å². The third kappa shape index (κ3) is 4.06. The van der Waals surface area contributed by atoms with Gasteiger partial charge in [-0.1, -0.05) is 30.3 Å². The molecule has 4 rings (SSSR count). The summed E-state index contributed by atoms with van der Waals surface area (Å²) in [6.45, 7) is 1.90. The second kappa shape index (κ2) is 8.23. The van der Waals surface area contributed by atoms with E-state index in [4.69, 9.17) is 10.5 Å². The number of anilines is 1. The molecule has 0 aliphatic carbocycles. The monoisotopic (exact) mass is 412 g/mol. The number of carboxylic acid groups (broad SMARTS) is 1. The van der Waals surface area contributed by atoms with Crippen molar-refractivity contribution in [3.8, 4) is 17.0 Å². The molecule has 0 aliphatic heterocycles. The van der Waals surface area contributed by atoms with Crippen molar-refractivity contribution in [2.24, 2.45) is 10.2 Å². The third-order valence-electron chi connectivity index (χ3n) is 4.93. The molecule has 0 saturated carbocycles. The summed E-state index contributed by atoms with van der Waals surface area (Å²) >= 11 is 0. The Morgan fingerprint density at radius 3 is 2.48 bits per heavy atom. The quantitative estimate of drug-likeness (QED) is 0.312. The highest BCUT2D eigenvalue weighted by Crippen LogP contribution is 2.32. The zero-order valence-corrected chi connectivity index (χ0v) is 17.0. The number of azo groups is 1. The van der Waals surface area contributed by atoms with Crippen LogP contribution in [-0.2, 0) is 0 Å². The Bertz CT molecular complexity index is 1310. The van der Waals surface area contributed by atoms with Crippen LogP contribution >= 0.6 is 0 Å². The summed E-state index contributed by atoms with van der Waals surface area (Å²) in [6.07, 6.45) is 0. The number of nitrogens with zero attached hydrogens (tertiary/aromatic N) is 3. The minimum Gasteiger partial charge on any atom is -0.495 e. The van der Waals surface area contributed by atoms with Crippen LogP contribution in [0, 0.1) is 6.92 Å². The molecular formula is C24H20N4O3. The molecule has 7 nitrogen and oxygen atoms in total. The molecular weight excluding hydrogens is 392 g/mol. The van der Waals surface area contributed by atoms with Gasteiger partial charge >= 0.3 is 5.97 Å². The summed E-state index contributed by atoms with van der Waals surface area (Å²) in [4.78, 5) is 16.3. The highest BCUT2D eigenvalue weighted by Gasteiger charge is 2.12. The van der Waals surface area contributed by atoms with Crippen LogP contribution in [0.4, 0.5) is 17.1 Å². The first-order chi connectivity index (χ1) is 15.0. The van der Waals surface area contributed by atoms with Crippen LogP contribution < -0.4 is 10.5 Å². The van der Waals surface area contributed by atoms with Crippen molar-refractivity contribution in [1.82, 2.24) is 4.98 Å². The molecule has 0 fully saturated rings. The number of nitrogens with two attached hydrogens (primary N) is 1. The molecule has 3 N–H and O–H groups in total. The Morgan fingerprint density at radius 1 is 1.03 bits per heavy atom. The number of para-hydroxylation sites is 1. The molecule has 7 heteroatoms. The molecule has 1 heterocycles. The van der Waals surface area contributed by atoms with Crippen LogP contribution in [0.1, 0.15) is 15.9 Å². The van der Waals surface area contributed by atoms with Crippen molar-refractivity contribution in [3.63, 3.8) is 0 Å². The molecule has 0 bridgehead atoms. The average Bonchev–Trinajstić information content (AvgIpc) is 2.78. The van der Waals surface area contributed by atoms with Crippen molar-refractivity contribution in [1.29, 1.82) is 0 Å². The number of hydrogen-bond acceptors (Lipinski definition) is 6. The zero-order chi connectivity index (χ0) is 22.0. The van der Waals surface area contributed by atoms with Crippen LogP contribution in [0.25, 0.3) is 22.2 Å². The highest BCUT2D eigenvalue weighted by molar-refractivity contribution is 6.03. The van der Waals surface area contributed by atoms with Gasteiger partial charge in [-0.25, -0.2) is 9.78 Å². The Labute approximate surface area is 178 Å². The Balaban J connectivity index is 1.65. The summed E-state index contributed by atoms with van der Waals surface area (Å²) in [5.74, 6) is -0.439. The van der Waals surface area contributed by atoms with E-state index in [1.165, 1.54) is 0 Å². The Hall–Kier alpha value is -4.26. The van der Waals surface area contributed by atoms with Gasteiger partial charge < -0.3 is 15.6 Å². The van der Waals surface area contributed by atoms with Crippen molar-refractivity contribution in [2.45, 2.75) is 6.92 Å². The molecule has 31 heavy (non-hydrogen) atoms. The zero-order valence-electron chi connectivity index (χ0n) is 17.0. The molecule has 0 spiro atoms. The molecule has 0 aliphatic rings. The van der Waals surface area contributed by atoms with Gasteiger partial charge in [-0.3, -0.25) is 0 Å². The van der Waals surface area contributed by atoms with Gasteiger partial charge in [-0.05, 0) is 42.8 Å². The summed E-state index contributed by atoms with van der Waals surface area (Å²) in [5.41, 5.74) is 10.9. The first-order valence-corrected chi connectivity index (χ1v) is 9.55. The number of hydrogen-bond donors (Lipinski definition) is 2. The lowest BCUT2D eigenvalue weighted by Crippen LogP contribution is -2.00. The van der Waals surface area contributed by atoms with E-state index in [0.29, 0.717) is 39.4 Å². The smallest absolute Gasteiger partial charge is 0.336 e.